The highest BCUT2D eigenvalue weighted by Crippen LogP contribution is 2.39. The number of rotatable bonds is 9. The fraction of sp³-hybridized carbons (Fsp3) is 0.238. The lowest BCUT2D eigenvalue weighted by molar-refractivity contribution is 0.0945. The number of nitriles is 1. The van der Waals surface area contributed by atoms with E-state index >= 15 is 0 Å². The Hall–Kier alpha value is -3.71. The number of nitrogens with one attached hydrogen (secondary N) is 2. The van der Waals surface area contributed by atoms with Crippen LogP contribution in [0.1, 0.15) is 27.5 Å². The quantitative estimate of drug-likeness (QED) is 0.488. The number of aromatic nitrogens is 3. The Bertz CT molecular complexity index is 1040. The molecule has 0 aliphatic carbocycles. The second-order valence-corrected chi connectivity index (χ2v) is 7.23. The summed E-state index contributed by atoms with van der Waals surface area (Å²) in [4.78, 5) is 16.8. The molecule has 160 valence electrons. The fourth-order valence-electron chi connectivity index (χ4n) is 2.84. The van der Waals surface area contributed by atoms with Crippen molar-refractivity contribution in [2.75, 3.05) is 21.3 Å². The third kappa shape index (κ3) is 5.26. The van der Waals surface area contributed by atoms with Gasteiger partial charge in [0.05, 0.1) is 27.4 Å². The van der Waals surface area contributed by atoms with Gasteiger partial charge >= 0.3 is 0 Å². The van der Waals surface area contributed by atoms with Gasteiger partial charge in [-0.1, -0.05) is 23.9 Å². The van der Waals surface area contributed by atoms with E-state index in [1.165, 1.54) is 39.4 Å². The van der Waals surface area contributed by atoms with Gasteiger partial charge in [-0.3, -0.25) is 9.89 Å². The number of nitrogens with zero attached hydrogens (tertiary/aromatic N) is 3. The van der Waals surface area contributed by atoms with Gasteiger partial charge in [-0.15, -0.1) is 0 Å². The molecule has 3 aromatic rings. The van der Waals surface area contributed by atoms with Crippen LogP contribution in [0, 0.1) is 11.3 Å². The molecule has 0 saturated carbocycles. The van der Waals surface area contributed by atoms with Crippen molar-refractivity contribution in [3.63, 3.8) is 0 Å². The number of amides is 1. The Labute approximate surface area is 183 Å². The van der Waals surface area contributed by atoms with E-state index in [0.717, 1.165) is 10.7 Å². The molecule has 0 radical (unpaired) electrons. The highest BCUT2D eigenvalue weighted by atomic mass is 32.2. The van der Waals surface area contributed by atoms with E-state index in [1.807, 2.05) is 12.1 Å². The molecule has 1 aromatic heterocycles. The predicted molar refractivity (Wildman–Crippen MR) is 114 cm³/mol. The molecule has 0 aliphatic heterocycles. The smallest absolute Gasteiger partial charge is 0.252 e. The van der Waals surface area contributed by atoms with Crippen molar-refractivity contribution in [3.05, 3.63) is 59.4 Å². The van der Waals surface area contributed by atoms with E-state index < -0.39 is 6.04 Å². The molecule has 1 unspecified atom stereocenters. The molecular weight excluding hydrogens is 418 g/mol. The van der Waals surface area contributed by atoms with Crippen molar-refractivity contribution in [1.29, 1.82) is 5.26 Å². The third-order valence-corrected chi connectivity index (χ3v) is 5.36. The number of ether oxygens (including phenoxy) is 3. The Morgan fingerprint density at radius 3 is 2.35 bits per heavy atom. The van der Waals surface area contributed by atoms with Crippen LogP contribution < -0.4 is 19.5 Å². The lowest BCUT2D eigenvalue weighted by atomic mass is 10.1. The summed E-state index contributed by atoms with van der Waals surface area (Å²) < 4.78 is 16.0. The Morgan fingerprint density at radius 1 is 1.16 bits per heavy atom. The van der Waals surface area contributed by atoms with Gasteiger partial charge in [0.15, 0.2) is 16.7 Å². The van der Waals surface area contributed by atoms with Crippen LogP contribution in [0.2, 0.25) is 0 Å². The molecule has 0 aliphatic rings. The summed E-state index contributed by atoms with van der Waals surface area (Å²) in [5, 5.41) is 19.7. The highest BCUT2D eigenvalue weighted by molar-refractivity contribution is 7.98. The molecule has 0 bridgehead atoms. The largest absolute Gasteiger partial charge is 0.493 e. The van der Waals surface area contributed by atoms with Crippen LogP contribution in [-0.2, 0) is 5.75 Å². The molecule has 1 heterocycles. The Balaban J connectivity index is 1.71. The van der Waals surface area contributed by atoms with Gasteiger partial charge in [-0.25, -0.2) is 4.98 Å². The first-order valence-corrected chi connectivity index (χ1v) is 10.2. The molecule has 3 rings (SSSR count). The molecule has 0 spiro atoms. The van der Waals surface area contributed by atoms with Crippen molar-refractivity contribution < 1.29 is 19.0 Å². The zero-order valence-corrected chi connectivity index (χ0v) is 18.0. The van der Waals surface area contributed by atoms with Crippen LogP contribution in [0.4, 0.5) is 0 Å². The normalized spacial score (nSPS) is 11.3. The van der Waals surface area contributed by atoms with Crippen LogP contribution in [-0.4, -0.2) is 42.4 Å². The number of benzene rings is 2. The molecule has 2 aromatic carbocycles. The summed E-state index contributed by atoms with van der Waals surface area (Å²) in [6.45, 7) is 0. The standard InChI is InChI=1S/C21H21N5O4S/c1-28-17-8-15(9-18(29-2)19(17)30-3)16(10-22)25-20(27)14-6-4-13(5-7-14)11-31-21-23-12-24-26-21/h4-9,12,16H,11H2,1-3H3,(H,25,27)(H,23,24,26). The summed E-state index contributed by atoms with van der Waals surface area (Å²) >= 11 is 1.51. The maximum Gasteiger partial charge on any atom is 0.252 e. The first-order valence-electron chi connectivity index (χ1n) is 9.17. The second kappa shape index (κ2) is 10.4. The number of hydrogen-bond donors (Lipinski definition) is 2. The number of aromatic amines is 1. The van der Waals surface area contributed by atoms with Gasteiger partial charge in [0.25, 0.3) is 5.91 Å². The van der Waals surface area contributed by atoms with E-state index in [1.54, 1.807) is 24.3 Å². The van der Waals surface area contributed by atoms with Gasteiger partial charge < -0.3 is 19.5 Å². The molecule has 0 fully saturated rings. The summed E-state index contributed by atoms with van der Waals surface area (Å²) in [5.74, 6) is 1.54. The zero-order valence-electron chi connectivity index (χ0n) is 17.2. The van der Waals surface area contributed by atoms with Crippen LogP contribution in [0.3, 0.4) is 0 Å². The van der Waals surface area contributed by atoms with Gasteiger partial charge in [-0.2, -0.15) is 10.4 Å². The van der Waals surface area contributed by atoms with Crippen LogP contribution in [0.15, 0.2) is 47.9 Å². The molecule has 31 heavy (non-hydrogen) atoms. The first kappa shape index (κ1) is 22.0. The maximum atomic E-state index is 12.7. The summed E-state index contributed by atoms with van der Waals surface area (Å²) in [7, 11) is 4.48. The minimum Gasteiger partial charge on any atom is -0.493 e. The number of carbonyl (C=O) groups excluding carboxylic acids is 1. The number of H-pyrrole nitrogens is 1. The average Bonchev–Trinajstić information content (AvgIpc) is 3.34. The van der Waals surface area contributed by atoms with Gasteiger partial charge in [0, 0.05) is 11.3 Å². The zero-order chi connectivity index (χ0) is 22.2. The SMILES string of the molecule is COc1cc(C(C#N)NC(=O)c2ccc(CSc3ncn[nH]3)cc2)cc(OC)c1OC. The van der Waals surface area contributed by atoms with E-state index in [-0.39, 0.29) is 5.91 Å². The average molecular weight is 439 g/mol. The van der Waals surface area contributed by atoms with Crippen molar-refractivity contribution in [3.8, 4) is 23.3 Å². The van der Waals surface area contributed by atoms with Crippen molar-refractivity contribution in [2.24, 2.45) is 0 Å². The monoisotopic (exact) mass is 439 g/mol. The van der Waals surface area contributed by atoms with Crippen molar-refractivity contribution in [2.45, 2.75) is 17.0 Å². The minimum absolute atomic E-state index is 0.366. The molecular formula is C21H21N5O4S. The molecule has 9 nitrogen and oxygen atoms in total. The second-order valence-electron chi connectivity index (χ2n) is 6.27. The third-order valence-electron chi connectivity index (χ3n) is 4.41. The molecule has 2 N–H and O–H groups in total. The van der Waals surface area contributed by atoms with Crippen LogP contribution in [0.5, 0.6) is 17.2 Å². The van der Waals surface area contributed by atoms with Gasteiger partial charge in [-0.05, 0) is 35.4 Å². The summed E-state index contributed by atoms with van der Waals surface area (Å²) in [6, 6.07) is 11.6. The Kier molecular flexibility index (Phi) is 7.35. The summed E-state index contributed by atoms with van der Waals surface area (Å²) in [5.41, 5.74) is 1.99. The van der Waals surface area contributed by atoms with Crippen LogP contribution in [0.25, 0.3) is 0 Å². The van der Waals surface area contributed by atoms with Crippen LogP contribution >= 0.6 is 11.8 Å². The molecule has 1 atom stereocenters. The lowest BCUT2D eigenvalue weighted by Gasteiger charge is -2.17. The first-order chi connectivity index (χ1) is 15.1. The predicted octanol–water partition coefficient (Wildman–Crippen LogP) is 3.12. The van der Waals surface area contributed by atoms with E-state index in [2.05, 4.69) is 26.6 Å². The summed E-state index contributed by atoms with van der Waals surface area (Å²) in [6.07, 6.45) is 1.45. The van der Waals surface area contributed by atoms with Crippen molar-refractivity contribution in [1.82, 2.24) is 20.5 Å². The van der Waals surface area contributed by atoms with E-state index in [9.17, 15) is 10.1 Å². The maximum absolute atomic E-state index is 12.7. The number of thioether (sulfide) groups is 1. The minimum atomic E-state index is -0.900. The highest BCUT2D eigenvalue weighted by Gasteiger charge is 2.20. The van der Waals surface area contributed by atoms with Gasteiger partial charge in [0.1, 0.15) is 12.4 Å². The Morgan fingerprint density at radius 2 is 1.84 bits per heavy atom. The molecule has 10 heteroatoms. The topological polar surface area (TPSA) is 122 Å². The number of methoxy groups -OCH3 is 3. The number of hydrogen-bond acceptors (Lipinski definition) is 8. The fourth-order valence-corrected chi connectivity index (χ4v) is 3.58. The van der Waals surface area contributed by atoms with Gasteiger partial charge in [0.2, 0.25) is 5.75 Å². The lowest BCUT2D eigenvalue weighted by Crippen LogP contribution is -2.27. The van der Waals surface area contributed by atoms with Crippen molar-refractivity contribution >= 4 is 17.7 Å². The molecule has 0 saturated heterocycles. The van der Waals surface area contributed by atoms with E-state index in [4.69, 9.17) is 14.2 Å². The number of carbonyl (C=O) groups is 1. The molecule has 1 amide bonds. The van der Waals surface area contributed by atoms with E-state index in [0.29, 0.717) is 34.1 Å².